The van der Waals surface area contributed by atoms with Gasteiger partial charge < -0.3 is 4.79 Å². The molecule has 0 radical (unpaired) electrons. The molecule has 0 N–H and O–H groups in total. The second-order valence-electron chi connectivity index (χ2n) is 4.61. The van der Waals surface area contributed by atoms with Gasteiger partial charge in [0.2, 0.25) is 0 Å². The number of aldehydes is 1. The van der Waals surface area contributed by atoms with E-state index in [0.717, 1.165) is 24.7 Å². The monoisotopic (exact) mass is 220 g/mol. The van der Waals surface area contributed by atoms with E-state index >= 15 is 0 Å². The highest BCUT2D eigenvalue weighted by atomic mass is 19.1. The molecule has 0 bridgehead atoms. The molecule has 86 valence electrons. The second kappa shape index (κ2) is 5.24. The van der Waals surface area contributed by atoms with Crippen molar-refractivity contribution < 1.29 is 9.18 Å². The Morgan fingerprint density at radius 3 is 2.31 bits per heavy atom. The standard InChI is InChI=1S/C14H17FO/c15-13-8-6-12(7-9-13)14(10-16)11-4-2-1-3-5-11/h6-11,14H,1-5H2. The maximum atomic E-state index is 12.8. The third-order valence-corrected chi connectivity index (χ3v) is 3.56. The third kappa shape index (κ3) is 2.49. The van der Waals surface area contributed by atoms with Crippen molar-refractivity contribution in [1.82, 2.24) is 0 Å². The fourth-order valence-electron chi connectivity index (χ4n) is 2.64. The summed E-state index contributed by atoms with van der Waals surface area (Å²) in [5.41, 5.74) is 0.961. The molecule has 1 atom stereocenters. The molecule has 1 aromatic carbocycles. The number of rotatable bonds is 3. The van der Waals surface area contributed by atoms with Crippen molar-refractivity contribution in [3.8, 4) is 0 Å². The van der Waals surface area contributed by atoms with E-state index in [-0.39, 0.29) is 11.7 Å². The normalized spacial score (nSPS) is 19.3. The van der Waals surface area contributed by atoms with Gasteiger partial charge in [-0.3, -0.25) is 0 Å². The van der Waals surface area contributed by atoms with Crippen LogP contribution in [0.2, 0.25) is 0 Å². The van der Waals surface area contributed by atoms with Crippen molar-refractivity contribution in [1.29, 1.82) is 0 Å². The fraction of sp³-hybridized carbons (Fsp3) is 0.500. The highest BCUT2D eigenvalue weighted by molar-refractivity contribution is 5.62. The third-order valence-electron chi connectivity index (χ3n) is 3.56. The van der Waals surface area contributed by atoms with E-state index in [1.807, 2.05) is 0 Å². The highest BCUT2D eigenvalue weighted by Gasteiger charge is 2.24. The van der Waals surface area contributed by atoms with Crippen LogP contribution in [0.3, 0.4) is 0 Å². The number of carbonyl (C=O) groups excluding carboxylic acids is 1. The van der Waals surface area contributed by atoms with E-state index in [1.54, 1.807) is 12.1 Å². The summed E-state index contributed by atoms with van der Waals surface area (Å²) in [5.74, 6) is 0.176. The number of hydrogen-bond acceptors (Lipinski definition) is 1. The smallest absolute Gasteiger partial charge is 0.127 e. The quantitative estimate of drug-likeness (QED) is 0.710. The fourth-order valence-corrected chi connectivity index (χ4v) is 2.64. The molecule has 1 unspecified atom stereocenters. The summed E-state index contributed by atoms with van der Waals surface area (Å²) in [6.07, 6.45) is 7.00. The summed E-state index contributed by atoms with van der Waals surface area (Å²) in [7, 11) is 0. The van der Waals surface area contributed by atoms with Crippen molar-refractivity contribution in [2.75, 3.05) is 0 Å². The molecular weight excluding hydrogens is 203 g/mol. The Morgan fingerprint density at radius 2 is 1.75 bits per heavy atom. The molecule has 0 amide bonds. The maximum Gasteiger partial charge on any atom is 0.127 e. The predicted molar refractivity (Wildman–Crippen MR) is 61.8 cm³/mol. The van der Waals surface area contributed by atoms with Crippen LogP contribution >= 0.6 is 0 Å². The van der Waals surface area contributed by atoms with Gasteiger partial charge in [-0.05, 0) is 36.5 Å². The van der Waals surface area contributed by atoms with Crippen molar-refractivity contribution in [2.24, 2.45) is 5.92 Å². The Labute approximate surface area is 95.7 Å². The van der Waals surface area contributed by atoms with E-state index < -0.39 is 0 Å². The molecule has 0 saturated heterocycles. The molecule has 0 heterocycles. The van der Waals surface area contributed by atoms with Crippen molar-refractivity contribution in [3.63, 3.8) is 0 Å². The molecule has 1 nitrogen and oxygen atoms in total. The zero-order valence-corrected chi connectivity index (χ0v) is 9.36. The van der Waals surface area contributed by atoms with Gasteiger partial charge in [0.1, 0.15) is 12.1 Å². The largest absolute Gasteiger partial charge is 0.303 e. The van der Waals surface area contributed by atoms with E-state index in [0.29, 0.717) is 5.92 Å². The van der Waals surface area contributed by atoms with Crippen LogP contribution in [0.25, 0.3) is 0 Å². The number of halogens is 1. The van der Waals surface area contributed by atoms with Crippen molar-refractivity contribution >= 4 is 6.29 Å². The molecule has 0 aliphatic heterocycles. The summed E-state index contributed by atoms with van der Waals surface area (Å²) in [6, 6.07) is 6.36. The number of hydrogen-bond donors (Lipinski definition) is 0. The summed E-state index contributed by atoms with van der Waals surface area (Å²) in [5, 5.41) is 0. The Bertz CT molecular complexity index is 338. The molecular formula is C14H17FO. The predicted octanol–water partition coefficient (Wildman–Crippen LogP) is 3.69. The van der Waals surface area contributed by atoms with Crippen molar-refractivity contribution in [2.45, 2.75) is 38.0 Å². The van der Waals surface area contributed by atoms with E-state index in [2.05, 4.69) is 0 Å². The molecule has 0 spiro atoms. The summed E-state index contributed by atoms with van der Waals surface area (Å²) >= 11 is 0. The first-order chi connectivity index (χ1) is 7.81. The van der Waals surface area contributed by atoms with E-state index in [9.17, 15) is 9.18 Å². The summed E-state index contributed by atoms with van der Waals surface area (Å²) in [4.78, 5) is 11.2. The lowest BCUT2D eigenvalue weighted by molar-refractivity contribution is -0.110. The minimum absolute atomic E-state index is 0.0408. The van der Waals surface area contributed by atoms with Crippen LogP contribution < -0.4 is 0 Å². The first-order valence-electron chi connectivity index (χ1n) is 6.02. The van der Waals surface area contributed by atoms with Gasteiger partial charge in [-0.15, -0.1) is 0 Å². The molecule has 1 aliphatic carbocycles. The van der Waals surface area contributed by atoms with Gasteiger partial charge in [0.05, 0.1) is 0 Å². The molecule has 1 saturated carbocycles. The van der Waals surface area contributed by atoms with Gasteiger partial charge in [-0.1, -0.05) is 31.4 Å². The van der Waals surface area contributed by atoms with Gasteiger partial charge in [0, 0.05) is 5.92 Å². The maximum absolute atomic E-state index is 12.8. The topological polar surface area (TPSA) is 17.1 Å². The Hall–Kier alpha value is -1.18. The molecule has 1 fully saturated rings. The van der Waals surface area contributed by atoms with Crippen LogP contribution in [0, 0.1) is 11.7 Å². The number of carbonyl (C=O) groups is 1. The lowest BCUT2D eigenvalue weighted by Gasteiger charge is -2.26. The van der Waals surface area contributed by atoms with E-state index in [4.69, 9.17) is 0 Å². The average molecular weight is 220 g/mol. The first kappa shape index (κ1) is 11.3. The molecule has 16 heavy (non-hydrogen) atoms. The first-order valence-corrected chi connectivity index (χ1v) is 6.02. The highest BCUT2D eigenvalue weighted by Crippen LogP contribution is 2.34. The summed E-state index contributed by atoms with van der Waals surface area (Å²) in [6.45, 7) is 0. The van der Waals surface area contributed by atoms with Crippen LogP contribution in [-0.2, 0) is 4.79 Å². The minimum Gasteiger partial charge on any atom is -0.303 e. The lowest BCUT2D eigenvalue weighted by atomic mass is 9.77. The zero-order valence-electron chi connectivity index (χ0n) is 9.36. The van der Waals surface area contributed by atoms with Crippen molar-refractivity contribution in [3.05, 3.63) is 35.6 Å². The Morgan fingerprint density at radius 1 is 1.12 bits per heavy atom. The minimum atomic E-state index is -0.239. The lowest BCUT2D eigenvalue weighted by Crippen LogP contribution is -2.17. The van der Waals surface area contributed by atoms with Gasteiger partial charge in [0.25, 0.3) is 0 Å². The van der Waals surface area contributed by atoms with Gasteiger partial charge >= 0.3 is 0 Å². The molecule has 2 rings (SSSR count). The van der Waals surface area contributed by atoms with Gasteiger partial charge in [0.15, 0.2) is 0 Å². The Kier molecular flexibility index (Phi) is 3.70. The SMILES string of the molecule is O=CC(c1ccc(F)cc1)C1CCCCC1. The second-order valence-corrected chi connectivity index (χ2v) is 4.61. The van der Waals surface area contributed by atoms with Crippen LogP contribution in [-0.4, -0.2) is 6.29 Å². The molecule has 2 heteroatoms. The molecule has 1 aromatic rings. The average Bonchev–Trinajstić information content (AvgIpc) is 2.34. The van der Waals surface area contributed by atoms with E-state index in [1.165, 1.54) is 31.4 Å². The number of benzene rings is 1. The zero-order chi connectivity index (χ0) is 11.4. The molecule has 1 aliphatic rings. The van der Waals surface area contributed by atoms with Gasteiger partial charge in [-0.25, -0.2) is 4.39 Å². The summed E-state index contributed by atoms with van der Waals surface area (Å²) < 4.78 is 12.8. The van der Waals surface area contributed by atoms with Gasteiger partial charge in [-0.2, -0.15) is 0 Å². The molecule has 0 aromatic heterocycles. The Balaban J connectivity index is 2.14. The van der Waals surface area contributed by atoms with Crippen LogP contribution in [0.4, 0.5) is 4.39 Å². The van der Waals surface area contributed by atoms with Crippen LogP contribution in [0.15, 0.2) is 24.3 Å². The van der Waals surface area contributed by atoms with Crippen LogP contribution in [0.1, 0.15) is 43.6 Å². The van der Waals surface area contributed by atoms with Crippen LogP contribution in [0.5, 0.6) is 0 Å².